The first-order valence-corrected chi connectivity index (χ1v) is 3.43. The molecular formula is C5H6NO2S. The van der Waals surface area contributed by atoms with Gasteiger partial charge in [0.15, 0.2) is 5.25 Å². The average Bonchev–Trinajstić information content (AvgIpc) is 1.90. The van der Waals surface area contributed by atoms with Crippen LogP contribution in [0, 0.1) is 18.4 Å². The first-order chi connectivity index (χ1) is 4.26. The zero-order valence-electron chi connectivity index (χ0n) is 4.96. The Kier molecular flexibility index (Phi) is 3.89. The summed E-state index contributed by atoms with van der Waals surface area (Å²) in [5, 5.41) is 7.49. The van der Waals surface area contributed by atoms with E-state index in [-0.39, 0.29) is 0 Å². The Bertz CT molecular complexity index is 140. The summed E-state index contributed by atoms with van der Waals surface area (Å²) in [6.45, 7) is 0. The van der Waals surface area contributed by atoms with Crippen molar-refractivity contribution in [1.29, 1.82) is 5.26 Å². The van der Waals surface area contributed by atoms with Gasteiger partial charge in [-0.3, -0.25) is 0 Å². The van der Waals surface area contributed by atoms with Crippen molar-refractivity contribution in [2.45, 2.75) is 5.25 Å². The Morgan fingerprint density at radius 2 is 2.56 bits per heavy atom. The SMILES string of the molecule is [CH2]OC(=O)C(C#N)SC. The second kappa shape index (κ2) is 4.21. The number of hydrogen-bond donors (Lipinski definition) is 0. The lowest BCUT2D eigenvalue weighted by molar-refractivity contribution is -0.136. The molecule has 0 fully saturated rings. The van der Waals surface area contributed by atoms with Crippen LogP contribution in [0.1, 0.15) is 0 Å². The fraction of sp³-hybridized carbons (Fsp3) is 0.400. The highest BCUT2D eigenvalue weighted by molar-refractivity contribution is 8.00. The number of thioether (sulfide) groups is 1. The molecule has 1 radical (unpaired) electrons. The minimum absolute atomic E-state index is 0.593. The molecule has 0 amide bonds. The normalized spacial score (nSPS) is 11.7. The summed E-state index contributed by atoms with van der Waals surface area (Å²) in [5.74, 6) is -0.593. The first-order valence-electron chi connectivity index (χ1n) is 2.14. The van der Waals surface area contributed by atoms with E-state index in [1.807, 2.05) is 0 Å². The molecule has 0 aliphatic rings. The summed E-state index contributed by atoms with van der Waals surface area (Å²) in [7, 11) is 2.89. The summed E-state index contributed by atoms with van der Waals surface area (Å²) in [6, 6.07) is 1.75. The highest BCUT2D eigenvalue weighted by Gasteiger charge is 2.15. The average molecular weight is 144 g/mol. The van der Waals surface area contributed by atoms with Crippen molar-refractivity contribution in [1.82, 2.24) is 0 Å². The summed E-state index contributed by atoms with van der Waals surface area (Å²) >= 11 is 1.13. The zero-order valence-corrected chi connectivity index (χ0v) is 5.77. The van der Waals surface area contributed by atoms with Gasteiger partial charge in [0.05, 0.1) is 6.07 Å². The van der Waals surface area contributed by atoms with E-state index in [4.69, 9.17) is 5.26 Å². The molecule has 0 N–H and O–H groups in total. The number of esters is 1. The predicted molar refractivity (Wildman–Crippen MR) is 34.4 cm³/mol. The maximum Gasteiger partial charge on any atom is 0.333 e. The van der Waals surface area contributed by atoms with Gasteiger partial charge in [-0.25, -0.2) is 4.79 Å². The number of rotatable bonds is 2. The van der Waals surface area contributed by atoms with Gasteiger partial charge in [0, 0.05) is 0 Å². The van der Waals surface area contributed by atoms with Crippen LogP contribution in [0.25, 0.3) is 0 Å². The molecule has 0 spiro atoms. The zero-order chi connectivity index (χ0) is 7.28. The molecule has 0 aliphatic heterocycles. The highest BCUT2D eigenvalue weighted by atomic mass is 32.2. The van der Waals surface area contributed by atoms with Crippen LogP contribution in [-0.4, -0.2) is 17.5 Å². The van der Waals surface area contributed by atoms with E-state index in [1.54, 1.807) is 12.3 Å². The van der Waals surface area contributed by atoms with E-state index in [0.717, 1.165) is 11.8 Å². The lowest BCUT2D eigenvalue weighted by atomic mass is 10.5. The van der Waals surface area contributed by atoms with Crippen LogP contribution in [0.3, 0.4) is 0 Å². The summed E-state index contributed by atoms with van der Waals surface area (Å²) in [5.41, 5.74) is 0. The van der Waals surface area contributed by atoms with Crippen LogP contribution in [0.2, 0.25) is 0 Å². The molecule has 0 aromatic heterocycles. The Labute approximate surface area is 58.0 Å². The third-order valence-electron chi connectivity index (χ3n) is 0.709. The lowest BCUT2D eigenvalue weighted by Gasteiger charge is -1.99. The smallest absolute Gasteiger partial charge is 0.333 e. The van der Waals surface area contributed by atoms with E-state index in [1.165, 1.54) is 0 Å². The fourth-order valence-electron chi connectivity index (χ4n) is 0.277. The minimum atomic E-state index is -0.734. The summed E-state index contributed by atoms with van der Waals surface area (Å²) in [4.78, 5) is 10.4. The molecule has 0 aromatic rings. The van der Waals surface area contributed by atoms with Gasteiger partial charge in [-0.1, -0.05) is 0 Å². The molecule has 0 heterocycles. The minimum Gasteiger partial charge on any atom is -0.460 e. The molecule has 0 saturated carbocycles. The van der Waals surface area contributed by atoms with Gasteiger partial charge in [0.25, 0.3) is 0 Å². The maximum atomic E-state index is 10.4. The quantitative estimate of drug-likeness (QED) is 0.532. The molecule has 3 nitrogen and oxygen atoms in total. The molecule has 0 rings (SSSR count). The maximum absolute atomic E-state index is 10.4. The van der Waals surface area contributed by atoms with Crippen LogP contribution < -0.4 is 0 Å². The lowest BCUT2D eigenvalue weighted by Crippen LogP contribution is -2.14. The molecular weight excluding hydrogens is 138 g/mol. The number of nitriles is 1. The van der Waals surface area contributed by atoms with Crippen molar-refractivity contribution >= 4 is 17.7 Å². The Hall–Kier alpha value is -0.690. The van der Waals surface area contributed by atoms with Crippen LogP contribution in [0.4, 0.5) is 0 Å². The molecule has 1 unspecified atom stereocenters. The number of ether oxygens (including phenoxy) is 1. The van der Waals surface area contributed by atoms with Crippen LogP contribution >= 0.6 is 11.8 Å². The largest absolute Gasteiger partial charge is 0.460 e. The fourth-order valence-corrected chi connectivity index (χ4v) is 0.643. The second-order valence-electron chi connectivity index (χ2n) is 1.21. The van der Waals surface area contributed by atoms with Gasteiger partial charge in [-0.2, -0.15) is 5.26 Å². The van der Waals surface area contributed by atoms with Crippen LogP contribution in [0.5, 0.6) is 0 Å². The monoisotopic (exact) mass is 144 g/mol. The van der Waals surface area contributed by atoms with Crippen molar-refractivity contribution in [2.75, 3.05) is 6.26 Å². The highest BCUT2D eigenvalue weighted by Crippen LogP contribution is 2.05. The third-order valence-corrected chi connectivity index (χ3v) is 1.48. The van der Waals surface area contributed by atoms with E-state index in [2.05, 4.69) is 11.8 Å². The Morgan fingerprint density at radius 3 is 2.67 bits per heavy atom. The molecule has 9 heavy (non-hydrogen) atoms. The molecule has 49 valence electrons. The molecule has 4 heteroatoms. The van der Waals surface area contributed by atoms with Crippen molar-refractivity contribution in [2.24, 2.45) is 0 Å². The van der Waals surface area contributed by atoms with Crippen molar-refractivity contribution < 1.29 is 9.53 Å². The van der Waals surface area contributed by atoms with E-state index in [9.17, 15) is 4.79 Å². The summed E-state index contributed by atoms with van der Waals surface area (Å²) in [6.07, 6.45) is 1.66. The van der Waals surface area contributed by atoms with Gasteiger partial charge in [0.2, 0.25) is 0 Å². The van der Waals surface area contributed by atoms with Crippen LogP contribution in [0.15, 0.2) is 0 Å². The molecule has 1 atom stereocenters. The third kappa shape index (κ3) is 2.38. The van der Waals surface area contributed by atoms with Gasteiger partial charge in [-0.05, 0) is 6.26 Å². The second-order valence-corrected chi connectivity index (χ2v) is 2.15. The summed E-state index contributed by atoms with van der Waals surface area (Å²) < 4.78 is 4.06. The van der Waals surface area contributed by atoms with Crippen LogP contribution in [-0.2, 0) is 9.53 Å². The van der Waals surface area contributed by atoms with E-state index in [0.29, 0.717) is 0 Å². The number of carbonyl (C=O) groups is 1. The molecule has 0 bridgehead atoms. The predicted octanol–water partition coefficient (Wildman–Crippen LogP) is 0.576. The van der Waals surface area contributed by atoms with E-state index >= 15 is 0 Å². The number of hydrogen-bond acceptors (Lipinski definition) is 4. The standard InChI is InChI=1S/C5H6NO2S/c1-8-5(7)4(3-6)9-2/h4H,1H2,2H3. The number of carbonyl (C=O) groups excluding carboxylic acids is 1. The van der Waals surface area contributed by atoms with Gasteiger partial charge in [-0.15, -0.1) is 11.8 Å². The van der Waals surface area contributed by atoms with Crippen molar-refractivity contribution in [3.63, 3.8) is 0 Å². The Morgan fingerprint density at radius 1 is 2.00 bits per heavy atom. The molecule has 0 aliphatic carbocycles. The molecule has 0 aromatic carbocycles. The van der Waals surface area contributed by atoms with Gasteiger partial charge < -0.3 is 4.74 Å². The Balaban J connectivity index is 3.84. The molecule has 0 saturated heterocycles. The van der Waals surface area contributed by atoms with Crippen molar-refractivity contribution in [3.8, 4) is 6.07 Å². The van der Waals surface area contributed by atoms with Gasteiger partial charge >= 0.3 is 5.97 Å². The first kappa shape index (κ1) is 8.31. The number of nitrogens with zero attached hydrogens (tertiary/aromatic N) is 1. The topological polar surface area (TPSA) is 50.1 Å². The van der Waals surface area contributed by atoms with E-state index < -0.39 is 11.2 Å². The van der Waals surface area contributed by atoms with Gasteiger partial charge in [0.1, 0.15) is 7.11 Å². The van der Waals surface area contributed by atoms with Crippen molar-refractivity contribution in [3.05, 3.63) is 7.11 Å².